The van der Waals surface area contributed by atoms with Crippen molar-refractivity contribution in [2.45, 2.75) is 45.6 Å². The van der Waals surface area contributed by atoms with E-state index < -0.39 is 6.03 Å². The van der Waals surface area contributed by atoms with Crippen LogP contribution in [0.15, 0.2) is 48.5 Å². The highest BCUT2D eigenvalue weighted by atomic mass is 35.5. The number of unbranched alkanes of at least 4 members (excludes halogenated alkanes) is 3. The second kappa shape index (κ2) is 11.5. The quantitative estimate of drug-likeness (QED) is 0.168. The van der Waals surface area contributed by atoms with Gasteiger partial charge in [-0.3, -0.25) is 5.10 Å². The lowest BCUT2D eigenvalue weighted by molar-refractivity contribution is 0.248. The molecular weight excluding hydrogens is 464 g/mol. The van der Waals surface area contributed by atoms with Crippen LogP contribution in [0.5, 0.6) is 0 Å². The predicted molar refractivity (Wildman–Crippen MR) is 140 cm³/mol. The first-order valence-electron chi connectivity index (χ1n) is 11.7. The Morgan fingerprint density at radius 3 is 2.60 bits per heavy atom. The van der Waals surface area contributed by atoms with Crippen LogP contribution in [0.4, 0.5) is 27.8 Å². The number of nitrogens with one attached hydrogen (secondary N) is 4. The van der Waals surface area contributed by atoms with Crippen molar-refractivity contribution in [2.75, 3.05) is 10.6 Å². The summed E-state index contributed by atoms with van der Waals surface area (Å²) in [5, 5.41) is 18.2. The van der Waals surface area contributed by atoms with Gasteiger partial charge in [0.2, 0.25) is 0 Å². The zero-order chi connectivity index (χ0) is 24.6. The molecule has 2 heterocycles. The second-order valence-corrected chi connectivity index (χ2v) is 8.71. The summed E-state index contributed by atoms with van der Waals surface area (Å²) in [6.45, 7) is 2.53. The number of carbonyl (C=O) groups excluding carboxylic acids is 1. The Morgan fingerprint density at radius 2 is 1.83 bits per heavy atom. The van der Waals surface area contributed by atoms with Crippen LogP contribution in [0.1, 0.15) is 44.0 Å². The minimum Gasteiger partial charge on any atom is -0.352 e. The monoisotopic (exact) mass is 492 g/mol. The Hall–Kier alpha value is -3.85. The highest BCUT2D eigenvalue weighted by molar-refractivity contribution is 6.30. The van der Waals surface area contributed by atoms with Crippen LogP contribution in [-0.4, -0.2) is 26.2 Å². The number of rotatable bonds is 11. The number of hydrogen-bond acceptors (Lipinski definition) is 6. The van der Waals surface area contributed by atoms with Gasteiger partial charge in [-0.1, -0.05) is 56.0 Å². The van der Waals surface area contributed by atoms with Crippen molar-refractivity contribution < 1.29 is 4.79 Å². The van der Waals surface area contributed by atoms with Crippen molar-refractivity contribution in [1.82, 2.24) is 25.5 Å². The number of primary amides is 1. The van der Waals surface area contributed by atoms with E-state index in [9.17, 15) is 4.79 Å². The summed E-state index contributed by atoms with van der Waals surface area (Å²) >= 11 is 6.20. The van der Waals surface area contributed by atoms with Crippen LogP contribution < -0.4 is 21.7 Å². The molecule has 0 aliphatic rings. The number of benzene rings is 2. The van der Waals surface area contributed by atoms with Crippen LogP contribution in [-0.2, 0) is 13.0 Å². The molecule has 0 aliphatic carbocycles. The van der Waals surface area contributed by atoms with Crippen LogP contribution in [0.25, 0.3) is 11.0 Å². The Balaban J connectivity index is 1.65. The maximum Gasteiger partial charge on any atom is 0.312 e. The number of H-pyrrole nitrogens is 1. The molecule has 0 radical (unpaired) electrons. The number of nitrogens with two attached hydrogens (primary N) is 1. The standard InChI is InChI=1S/C25H29ClN8O/c1-2-3-4-5-12-20-31-22(29-19-11-7-9-17(26)14-19)21-23(33-34-24(21)32-20)30-18-10-6-8-16(13-18)15-28-25(27)35/h6-11,13-14H,2-5,12,15H2,1H3,(H3,27,28,35)(H3,29,30,31,32,33,34). The van der Waals surface area contributed by atoms with E-state index in [1.165, 1.54) is 12.8 Å². The Kier molecular flexibility index (Phi) is 7.99. The molecule has 4 rings (SSSR count). The normalized spacial score (nSPS) is 10.9. The molecular formula is C25H29ClN8O. The average molecular weight is 493 g/mol. The molecule has 0 bridgehead atoms. The summed E-state index contributed by atoms with van der Waals surface area (Å²) < 4.78 is 0. The number of aromatic amines is 1. The number of aromatic nitrogens is 4. The second-order valence-electron chi connectivity index (χ2n) is 8.27. The molecule has 2 aromatic carbocycles. The highest BCUT2D eigenvalue weighted by Gasteiger charge is 2.16. The minimum atomic E-state index is -0.567. The van der Waals surface area contributed by atoms with Crippen molar-refractivity contribution in [3.05, 3.63) is 64.9 Å². The van der Waals surface area contributed by atoms with E-state index >= 15 is 0 Å². The Morgan fingerprint density at radius 1 is 1.03 bits per heavy atom. The fraction of sp³-hybridized carbons (Fsp3) is 0.280. The van der Waals surface area contributed by atoms with Gasteiger partial charge in [-0.05, 0) is 42.3 Å². The number of fused-ring (bicyclic) bond motifs is 1. The van der Waals surface area contributed by atoms with Gasteiger partial charge in [-0.25, -0.2) is 14.8 Å². The zero-order valence-electron chi connectivity index (χ0n) is 19.6. The number of halogens is 1. The molecule has 10 heteroatoms. The first-order valence-corrected chi connectivity index (χ1v) is 12.1. The minimum absolute atomic E-state index is 0.334. The molecule has 9 nitrogen and oxygen atoms in total. The van der Waals surface area contributed by atoms with Gasteiger partial charge < -0.3 is 21.7 Å². The highest BCUT2D eigenvalue weighted by Crippen LogP contribution is 2.31. The molecule has 0 fully saturated rings. The van der Waals surface area contributed by atoms with Gasteiger partial charge in [0, 0.05) is 29.4 Å². The fourth-order valence-corrected chi connectivity index (χ4v) is 3.96. The lowest BCUT2D eigenvalue weighted by Gasteiger charge is -2.12. The topological polar surface area (TPSA) is 134 Å². The molecule has 182 valence electrons. The number of amides is 2. The summed E-state index contributed by atoms with van der Waals surface area (Å²) in [5.74, 6) is 2.04. The van der Waals surface area contributed by atoms with Gasteiger partial charge in [0.1, 0.15) is 22.8 Å². The summed E-state index contributed by atoms with van der Waals surface area (Å²) in [6, 6.07) is 14.6. The number of anilines is 4. The van der Waals surface area contributed by atoms with Crippen molar-refractivity contribution in [3.8, 4) is 0 Å². The predicted octanol–water partition coefficient (Wildman–Crippen LogP) is 5.78. The van der Waals surface area contributed by atoms with Crippen LogP contribution >= 0.6 is 11.6 Å². The van der Waals surface area contributed by atoms with Gasteiger partial charge in [0.15, 0.2) is 5.65 Å². The maximum atomic E-state index is 11.0. The van der Waals surface area contributed by atoms with E-state index in [0.717, 1.165) is 47.4 Å². The molecule has 2 aromatic heterocycles. The lowest BCUT2D eigenvalue weighted by atomic mass is 10.1. The average Bonchev–Trinajstić information content (AvgIpc) is 3.23. The molecule has 6 N–H and O–H groups in total. The number of aryl methyl sites for hydroxylation is 1. The van der Waals surface area contributed by atoms with Crippen molar-refractivity contribution >= 4 is 51.7 Å². The number of hydrogen-bond donors (Lipinski definition) is 5. The first kappa shape index (κ1) is 24.3. The van der Waals surface area contributed by atoms with E-state index in [4.69, 9.17) is 27.3 Å². The summed E-state index contributed by atoms with van der Waals surface area (Å²) in [7, 11) is 0. The van der Waals surface area contributed by atoms with E-state index in [-0.39, 0.29) is 0 Å². The van der Waals surface area contributed by atoms with Gasteiger partial charge in [0.05, 0.1) is 0 Å². The summed E-state index contributed by atoms with van der Waals surface area (Å²) in [6.07, 6.45) is 5.32. The third-order valence-corrected chi connectivity index (χ3v) is 5.70. The maximum absolute atomic E-state index is 11.0. The van der Waals surface area contributed by atoms with Crippen LogP contribution in [0, 0.1) is 0 Å². The van der Waals surface area contributed by atoms with Gasteiger partial charge in [-0.15, -0.1) is 0 Å². The Labute approximate surface area is 208 Å². The third kappa shape index (κ3) is 6.60. The molecule has 0 saturated heterocycles. The van der Waals surface area contributed by atoms with Gasteiger partial charge >= 0.3 is 6.03 Å². The lowest BCUT2D eigenvalue weighted by Crippen LogP contribution is -2.28. The molecule has 35 heavy (non-hydrogen) atoms. The van der Waals surface area contributed by atoms with E-state index in [2.05, 4.69) is 33.1 Å². The molecule has 4 aromatic rings. The molecule has 0 unspecified atom stereocenters. The van der Waals surface area contributed by atoms with Crippen LogP contribution in [0.2, 0.25) is 5.02 Å². The van der Waals surface area contributed by atoms with Crippen molar-refractivity contribution in [2.24, 2.45) is 5.73 Å². The van der Waals surface area contributed by atoms with E-state index in [0.29, 0.717) is 28.9 Å². The zero-order valence-corrected chi connectivity index (χ0v) is 20.3. The molecule has 2 amide bonds. The smallest absolute Gasteiger partial charge is 0.312 e. The molecule has 0 spiro atoms. The third-order valence-electron chi connectivity index (χ3n) is 5.46. The number of urea groups is 1. The summed E-state index contributed by atoms with van der Waals surface area (Å²) in [5.41, 5.74) is 8.30. The molecule has 0 saturated carbocycles. The largest absolute Gasteiger partial charge is 0.352 e. The number of carbonyl (C=O) groups is 1. The van der Waals surface area contributed by atoms with E-state index in [1.54, 1.807) is 0 Å². The fourth-order valence-electron chi connectivity index (χ4n) is 3.77. The molecule has 0 atom stereocenters. The van der Waals surface area contributed by atoms with E-state index in [1.807, 2.05) is 48.5 Å². The number of nitrogens with zero attached hydrogens (tertiary/aromatic N) is 3. The van der Waals surface area contributed by atoms with Crippen molar-refractivity contribution in [1.29, 1.82) is 0 Å². The van der Waals surface area contributed by atoms with Gasteiger partial charge in [-0.2, -0.15) is 5.10 Å². The first-order chi connectivity index (χ1) is 17.0. The van der Waals surface area contributed by atoms with Gasteiger partial charge in [0.25, 0.3) is 0 Å². The SMILES string of the molecule is CCCCCCc1nc(Nc2cccc(Cl)c2)c2c(Nc3cccc(CNC(N)=O)c3)[nH]nc2n1. The summed E-state index contributed by atoms with van der Waals surface area (Å²) in [4.78, 5) is 20.6. The molecule has 0 aliphatic heterocycles. The Bertz CT molecular complexity index is 1310. The van der Waals surface area contributed by atoms with Crippen molar-refractivity contribution in [3.63, 3.8) is 0 Å². The van der Waals surface area contributed by atoms with Crippen LogP contribution in [0.3, 0.4) is 0 Å².